The number of hydrogen-bond acceptors (Lipinski definition) is 1. The number of rotatable bonds is 2. The summed E-state index contributed by atoms with van der Waals surface area (Å²) in [5.41, 5.74) is 5.75. The van der Waals surface area contributed by atoms with Crippen molar-refractivity contribution >= 4 is 5.96 Å². The molecule has 1 aliphatic heterocycles. The Morgan fingerprint density at radius 2 is 2.31 bits per heavy atom. The van der Waals surface area contributed by atoms with E-state index in [1.807, 2.05) is 0 Å². The molecule has 0 aromatic carbocycles. The number of hydrogen-bond donors (Lipinski definition) is 1. The van der Waals surface area contributed by atoms with Gasteiger partial charge in [0.25, 0.3) is 0 Å². The van der Waals surface area contributed by atoms with Crippen LogP contribution in [-0.4, -0.2) is 31.0 Å². The van der Waals surface area contributed by atoms with Crippen molar-refractivity contribution in [2.45, 2.75) is 26.7 Å². The molecule has 0 saturated carbocycles. The molecule has 1 aliphatic rings. The second-order valence-corrected chi connectivity index (χ2v) is 4.31. The predicted octanol–water partition coefficient (Wildman–Crippen LogP) is 1.30. The number of aliphatic imine (C=N–C) groups is 1. The largest absolute Gasteiger partial charge is 0.370 e. The molecule has 3 heteroatoms. The van der Waals surface area contributed by atoms with Gasteiger partial charge < -0.3 is 10.6 Å². The van der Waals surface area contributed by atoms with Gasteiger partial charge in [0.15, 0.2) is 5.96 Å². The fraction of sp³-hybridized carbons (Fsp3) is 0.900. The zero-order valence-corrected chi connectivity index (χ0v) is 8.95. The van der Waals surface area contributed by atoms with Gasteiger partial charge in [-0.25, -0.2) is 0 Å². The molecule has 1 atom stereocenters. The van der Waals surface area contributed by atoms with Crippen molar-refractivity contribution in [1.29, 1.82) is 0 Å². The number of nitrogens with zero attached hydrogens (tertiary/aromatic N) is 2. The van der Waals surface area contributed by atoms with Crippen LogP contribution in [0.4, 0.5) is 0 Å². The van der Waals surface area contributed by atoms with Gasteiger partial charge in [-0.1, -0.05) is 13.8 Å². The lowest BCUT2D eigenvalue weighted by molar-refractivity contribution is 0.407. The molecule has 0 aromatic rings. The van der Waals surface area contributed by atoms with E-state index in [1.54, 1.807) is 7.05 Å². The Bertz CT molecular complexity index is 187. The van der Waals surface area contributed by atoms with Crippen LogP contribution in [0, 0.1) is 11.8 Å². The lowest BCUT2D eigenvalue weighted by Crippen LogP contribution is -2.35. The normalized spacial score (nSPS) is 24.5. The van der Waals surface area contributed by atoms with Gasteiger partial charge in [0.05, 0.1) is 0 Å². The highest BCUT2D eigenvalue weighted by Crippen LogP contribution is 2.22. The van der Waals surface area contributed by atoms with E-state index >= 15 is 0 Å². The van der Waals surface area contributed by atoms with Crippen LogP contribution in [0.25, 0.3) is 0 Å². The number of nitrogens with two attached hydrogens (primary N) is 1. The van der Waals surface area contributed by atoms with E-state index in [0.29, 0.717) is 5.96 Å². The second-order valence-electron chi connectivity index (χ2n) is 4.31. The summed E-state index contributed by atoms with van der Waals surface area (Å²) >= 11 is 0. The molecule has 1 saturated heterocycles. The Morgan fingerprint density at radius 3 is 2.85 bits per heavy atom. The maximum absolute atomic E-state index is 5.75. The fourth-order valence-corrected chi connectivity index (χ4v) is 2.04. The van der Waals surface area contributed by atoms with Gasteiger partial charge in [0.1, 0.15) is 0 Å². The van der Waals surface area contributed by atoms with Crippen LogP contribution in [-0.2, 0) is 0 Å². The summed E-state index contributed by atoms with van der Waals surface area (Å²) in [6.07, 6.45) is 2.59. The molecule has 0 amide bonds. The number of likely N-dealkylation sites (tertiary alicyclic amines) is 1. The molecule has 3 nitrogen and oxygen atoms in total. The molecular formula is C10H21N3. The van der Waals surface area contributed by atoms with Crippen molar-refractivity contribution in [2.75, 3.05) is 20.1 Å². The molecule has 2 N–H and O–H groups in total. The van der Waals surface area contributed by atoms with Gasteiger partial charge in [-0.15, -0.1) is 0 Å². The van der Waals surface area contributed by atoms with Gasteiger partial charge in [0.2, 0.25) is 0 Å². The third-order valence-electron chi connectivity index (χ3n) is 2.64. The Balaban J connectivity index is 2.36. The van der Waals surface area contributed by atoms with Crippen LogP contribution in [0.2, 0.25) is 0 Å². The minimum absolute atomic E-state index is 0.700. The molecule has 0 bridgehead atoms. The first-order valence-electron chi connectivity index (χ1n) is 5.10. The summed E-state index contributed by atoms with van der Waals surface area (Å²) in [4.78, 5) is 6.19. The molecule has 0 aliphatic carbocycles. The summed E-state index contributed by atoms with van der Waals surface area (Å²) in [6.45, 7) is 6.74. The summed E-state index contributed by atoms with van der Waals surface area (Å²) in [6, 6.07) is 0. The van der Waals surface area contributed by atoms with Gasteiger partial charge >= 0.3 is 0 Å². The average molecular weight is 183 g/mol. The molecule has 0 radical (unpaired) electrons. The first-order chi connectivity index (χ1) is 6.13. The van der Waals surface area contributed by atoms with E-state index in [1.165, 1.54) is 12.8 Å². The van der Waals surface area contributed by atoms with Crippen molar-refractivity contribution in [3.05, 3.63) is 0 Å². The Labute approximate surface area is 81.0 Å². The minimum atomic E-state index is 0.700. The molecular weight excluding hydrogens is 162 g/mol. The van der Waals surface area contributed by atoms with Crippen molar-refractivity contribution < 1.29 is 0 Å². The molecule has 1 fully saturated rings. The lowest BCUT2D eigenvalue weighted by Gasteiger charge is -2.17. The molecule has 1 heterocycles. The third-order valence-corrected chi connectivity index (χ3v) is 2.64. The van der Waals surface area contributed by atoms with Crippen molar-refractivity contribution in [3.8, 4) is 0 Å². The summed E-state index contributed by atoms with van der Waals surface area (Å²) < 4.78 is 0. The zero-order valence-electron chi connectivity index (χ0n) is 8.95. The molecule has 13 heavy (non-hydrogen) atoms. The van der Waals surface area contributed by atoms with Crippen LogP contribution in [0.15, 0.2) is 4.99 Å². The molecule has 1 unspecified atom stereocenters. The standard InChI is InChI=1S/C10H21N3/c1-8(2)6-9-4-5-13(7-9)10(11)12-3/h8-9H,4-7H2,1-3H3,(H2,11,12). The van der Waals surface area contributed by atoms with Crippen LogP contribution < -0.4 is 5.73 Å². The summed E-state index contributed by atoms with van der Waals surface area (Å²) in [5, 5.41) is 0. The average Bonchev–Trinajstić information content (AvgIpc) is 2.50. The summed E-state index contributed by atoms with van der Waals surface area (Å²) in [7, 11) is 1.76. The van der Waals surface area contributed by atoms with Crippen molar-refractivity contribution in [2.24, 2.45) is 22.6 Å². The van der Waals surface area contributed by atoms with Gasteiger partial charge in [-0.05, 0) is 24.7 Å². The monoisotopic (exact) mass is 183 g/mol. The third kappa shape index (κ3) is 2.90. The van der Waals surface area contributed by atoms with Crippen LogP contribution in [0.5, 0.6) is 0 Å². The van der Waals surface area contributed by atoms with E-state index < -0.39 is 0 Å². The Kier molecular flexibility index (Phi) is 3.58. The van der Waals surface area contributed by atoms with E-state index in [9.17, 15) is 0 Å². The smallest absolute Gasteiger partial charge is 0.190 e. The van der Waals surface area contributed by atoms with Gasteiger partial charge in [-0.3, -0.25) is 4.99 Å². The maximum Gasteiger partial charge on any atom is 0.190 e. The molecule has 1 rings (SSSR count). The fourth-order valence-electron chi connectivity index (χ4n) is 2.04. The van der Waals surface area contributed by atoms with Gasteiger partial charge in [0, 0.05) is 20.1 Å². The van der Waals surface area contributed by atoms with E-state index in [-0.39, 0.29) is 0 Å². The molecule has 76 valence electrons. The minimum Gasteiger partial charge on any atom is -0.370 e. The Morgan fingerprint density at radius 1 is 1.62 bits per heavy atom. The quantitative estimate of drug-likeness (QED) is 0.518. The lowest BCUT2D eigenvalue weighted by atomic mass is 9.97. The topological polar surface area (TPSA) is 41.6 Å². The highest BCUT2D eigenvalue weighted by Gasteiger charge is 2.23. The SMILES string of the molecule is CN=C(N)N1CCC(CC(C)C)C1. The first-order valence-corrected chi connectivity index (χ1v) is 5.10. The summed E-state index contributed by atoms with van der Waals surface area (Å²) in [5.74, 6) is 2.32. The predicted molar refractivity (Wildman–Crippen MR) is 56.7 cm³/mol. The highest BCUT2D eigenvalue weighted by molar-refractivity contribution is 5.78. The van der Waals surface area contributed by atoms with Crippen LogP contribution in [0.3, 0.4) is 0 Å². The van der Waals surface area contributed by atoms with E-state index in [0.717, 1.165) is 24.9 Å². The van der Waals surface area contributed by atoms with Crippen molar-refractivity contribution in [1.82, 2.24) is 4.90 Å². The number of guanidine groups is 1. The van der Waals surface area contributed by atoms with Crippen LogP contribution in [0.1, 0.15) is 26.7 Å². The van der Waals surface area contributed by atoms with Crippen molar-refractivity contribution in [3.63, 3.8) is 0 Å². The second kappa shape index (κ2) is 4.49. The van der Waals surface area contributed by atoms with Crippen LogP contribution >= 0.6 is 0 Å². The van der Waals surface area contributed by atoms with Gasteiger partial charge in [-0.2, -0.15) is 0 Å². The first kappa shape index (κ1) is 10.4. The zero-order chi connectivity index (χ0) is 9.84. The molecule has 0 aromatic heterocycles. The van der Waals surface area contributed by atoms with E-state index in [4.69, 9.17) is 5.73 Å². The highest BCUT2D eigenvalue weighted by atomic mass is 15.3. The van der Waals surface area contributed by atoms with E-state index in [2.05, 4.69) is 23.7 Å². The Hall–Kier alpha value is -0.730. The maximum atomic E-state index is 5.75. The molecule has 0 spiro atoms.